The molecular formula is C23H28O3. The Morgan fingerprint density at radius 3 is 1.96 bits per heavy atom. The lowest BCUT2D eigenvalue weighted by Gasteiger charge is -2.29. The molecule has 0 aliphatic heterocycles. The minimum atomic E-state index is -1.36. The highest BCUT2D eigenvalue weighted by atomic mass is 16.5. The van der Waals surface area contributed by atoms with E-state index in [-0.39, 0.29) is 18.0 Å². The Bertz CT molecular complexity index is 678. The molecule has 2 aromatic carbocycles. The van der Waals surface area contributed by atoms with Crippen LogP contribution in [-0.4, -0.2) is 17.7 Å². The van der Waals surface area contributed by atoms with E-state index in [2.05, 4.69) is 19.9 Å². The SMILES string of the molecule is C/C=C/C(C)(C)CCC(=O)OCC(O)(c1ccccc1)c1ccccc1. The van der Waals surface area contributed by atoms with Crippen molar-refractivity contribution in [2.75, 3.05) is 6.61 Å². The lowest BCUT2D eigenvalue weighted by molar-refractivity contribution is -0.150. The van der Waals surface area contributed by atoms with Crippen LogP contribution in [0.4, 0.5) is 0 Å². The van der Waals surface area contributed by atoms with Crippen molar-refractivity contribution in [3.8, 4) is 0 Å². The fourth-order valence-corrected chi connectivity index (χ4v) is 2.98. The Balaban J connectivity index is 2.10. The summed E-state index contributed by atoms with van der Waals surface area (Å²) < 4.78 is 5.48. The van der Waals surface area contributed by atoms with Gasteiger partial charge in [0.2, 0.25) is 0 Å². The van der Waals surface area contributed by atoms with Gasteiger partial charge in [0.15, 0.2) is 0 Å². The second-order valence-corrected chi connectivity index (χ2v) is 7.24. The quantitative estimate of drug-likeness (QED) is 0.546. The lowest BCUT2D eigenvalue weighted by atomic mass is 9.86. The van der Waals surface area contributed by atoms with Gasteiger partial charge in [-0.05, 0) is 29.9 Å². The molecule has 0 amide bonds. The van der Waals surface area contributed by atoms with E-state index in [4.69, 9.17) is 4.74 Å². The molecule has 0 aliphatic carbocycles. The van der Waals surface area contributed by atoms with Gasteiger partial charge in [0.25, 0.3) is 0 Å². The number of hydrogen-bond acceptors (Lipinski definition) is 3. The zero-order chi connectivity index (χ0) is 19.0. The van der Waals surface area contributed by atoms with Crippen LogP contribution in [0.5, 0.6) is 0 Å². The fourth-order valence-electron chi connectivity index (χ4n) is 2.98. The molecule has 0 unspecified atom stereocenters. The average molecular weight is 352 g/mol. The maximum Gasteiger partial charge on any atom is 0.305 e. The van der Waals surface area contributed by atoms with Crippen LogP contribution in [0.1, 0.15) is 44.7 Å². The summed E-state index contributed by atoms with van der Waals surface area (Å²) in [5, 5.41) is 11.3. The summed E-state index contributed by atoms with van der Waals surface area (Å²) in [5.74, 6) is -0.298. The van der Waals surface area contributed by atoms with Crippen LogP contribution in [-0.2, 0) is 15.1 Å². The summed E-state index contributed by atoms with van der Waals surface area (Å²) in [5.41, 5.74) is -0.0126. The van der Waals surface area contributed by atoms with Crippen molar-refractivity contribution in [1.29, 1.82) is 0 Å². The number of carbonyl (C=O) groups is 1. The van der Waals surface area contributed by atoms with Crippen molar-refractivity contribution >= 4 is 5.97 Å². The first-order chi connectivity index (χ1) is 12.4. The van der Waals surface area contributed by atoms with E-state index in [9.17, 15) is 9.90 Å². The molecule has 0 fully saturated rings. The van der Waals surface area contributed by atoms with Gasteiger partial charge in [0, 0.05) is 6.42 Å². The van der Waals surface area contributed by atoms with E-state index in [0.29, 0.717) is 24.0 Å². The molecule has 138 valence electrons. The third-order valence-electron chi connectivity index (χ3n) is 4.54. The molecule has 2 aromatic rings. The van der Waals surface area contributed by atoms with Crippen LogP contribution in [0.3, 0.4) is 0 Å². The molecule has 26 heavy (non-hydrogen) atoms. The Morgan fingerprint density at radius 1 is 1.00 bits per heavy atom. The van der Waals surface area contributed by atoms with Gasteiger partial charge in [0.1, 0.15) is 12.2 Å². The Kier molecular flexibility index (Phi) is 6.76. The van der Waals surface area contributed by atoms with Gasteiger partial charge in [-0.25, -0.2) is 0 Å². The van der Waals surface area contributed by atoms with Crippen LogP contribution in [0.25, 0.3) is 0 Å². The zero-order valence-electron chi connectivity index (χ0n) is 15.8. The van der Waals surface area contributed by atoms with Gasteiger partial charge in [0.05, 0.1) is 0 Å². The van der Waals surface area contributed by atoms with Crippen LogP contribution < -0.4 is 0 Å². The van der Waals surface area contributed by atoms with Crippen molar-refractivity contribution in [3.63, 3.8) is 0 Å². The van der Waals surface area contributed by atoms with Crippen molar-refractivity contribution < 1.29 is 14.6 Å². The standard InChI is InChI=1S/C23H28O3/c1-4-16-22(2,3)17-15-21(24)26-18-23(25,19-11-7-5-8-12-19)20-13-9-6-10-14-20/h4-14,16,25H,15,17-18H2,1-3H3/b16-4+. The third-order valence-corrected chi connectivity index (χ3v) is 4.54. The monoisotopic (exact) mass is 352 g/mol. The Morgan fingerprint density at radius 2 is 1.50 bits per heavy atom. The fraction of sp³-hybridized carbons (Fsp3) is 0.348. The second kappa shape index (κ2) is 8.81. The number of aliphatic hydroxyl groups is 1. The molecule has 0 bridgehead atoms. The highest BCUT2D eigenvalue weighted by molar-refractivity contribution is 5.69. The second-order valence-electron chi connectivity index (χ2n) is 7.24. The molecule has 0 aromatic heterocycles. The van der Waals surface area contributed by atoms with Crippen molar-refractivity contribution in [1.82, 2.24) is 0 Å². The topological polar surface area (TPSA) is 46.5 Å². The molecule has 0 atom stereocenters. The Hall–Kier alpha value is -2.39. The summed E-state index contributed by atoms with van der Waals surface area (Å²) in [4.78, 5) is 12.2. The predicted octanol–water partition coefficient (Wildman–Crippen LogP) is 4.85. The normalized spacial score (nSPS) is 12.3. The molecule has 0 heterocycles. The summed E-state index contributed by atoms with van der Waals surface area (Å²) in [6.45, 7) is 6.04. The van der Waals surface area contributed by atoms with Gasteiger partial charge in [-0.1, -0.05) is 86.7 Å². The van der Waals surface area contributed by atoms with Gasteiger partial charge in [-0.2, -0.15) is 0 Å². The lowest BCUT2D eigenvalue weighted by Crippen LogP contribution is -2.34. The number of rotatable bonds is 8. The molecule has 0 saturated heterocycles. The maximum absolute atomic E-state index is 12.2. The van der Waals surface area contributed by atoms with E-state index in [0.717, 1.165) is 0 Å². The number of allylic oxidation sites excluding steroid dienone is 2. The van der Waals surface area contributed by atoms with Crippen LogP contribution in [0.15, 0.2) is 72.8 Å². The summed E-state index contributed by atoms with van der Waals surface area (Å²) in [6, 6.07) is 18.6. The molecule has 1 N–H and O–H groups in total. The van der Waals surface area contributed by atoms with Gasteiger partial charge >= 0.3 is 5.97 Å². The third kappa shape index (κ3) is 5.30. The first-order valence-electron chi connectivity index (χ1n) is 9.00. The first-order valence-corrected chi connectivity index (χ1v) is 9.00. The molecule has 0 spiro atoms. The highest BCUT2D eigenvalue weighted by Crippen LogP contribution is 2.30. The van der Waals surface area contributed by atoms with E-state index in [1.165, 1.54) is 0 Å². The minimum absolute atomic E-state index is 0.0526. The maximum atomic E-state index is 12.2. The van der Waals surface area contributed by atoms with Gasteiger partial charge in [-0.15, -0.1) is 0 Å². The Labute approximate surface area is 156 Å². The summed E-state index contributed by atoms with van der Waals surface area (Å²) >= 11 is 0. The minimum Gasteiger partial charge on any atom is -0.462 e. The summed E-state index contributed by atoms with van der Waals surface area (Å²) in [6.07, 6.45) is 5.10. The van der Waals surface area contributed by atoms with Crippen molar-refractivity contribution in [3.05, 3.63) is 83.9 Å². The molecule has 2 rings (SSSR count). The van der Waals surface area contributed by atoms with E-state index in [1.54, 1.807) is 0 Å². The smallest absolute Gasteiger partial charge is 0.305 e. The number of ether oxygens (including phenoxy) is 1. The number of esters is 1. The van der Waals surface area contributed by atoms with Crippen LogP contribution in [0.2, 0.25) is 0 Å². The number of hydrogen-bond donors (Lipinski definition) is 1. The molecule has 0 aliphatic rings. The molecule has 0 saturated carbocycles. The predicted molar refractivity (Wildman–Crippen MR) is 105 cm³/mol. The highest BCUT2D eigenvalue weighted by Gasteiger charge is 2.33. The van der Waals surface area contributed by atoms with Gasteiger partial charge in [-0.3, -0.25) is 4.79 Å². The van der Waals surface area contributed by atoms with E-state index in [1.807, 2.05) is 73.7 Å². The zero-order valence-corrected chi connectivity index (χ0v) is 15.8. The largest absolute Gasteiger partial charge is 0.462 e. The van der Waals surface area contributed by atoms with Crippen molar-refractivity contribution in [2.45, 2.75) is 39.2 Å². The average Bonchev–Trinajstić information content (AvgIpc) is 2.66. The molecule has 0 radical (unpaired) electrons. The van der Waals surface area contributed by atoms with Crippen LogP contribution in [0, 0.1) is 5.41 Å². The van der Waals surface area contributed by atoms with Gasteiger partial charge < -0.3 is 9.84 Å². The van der Waals surface area contributed by atoms with E-state index >= 15 is 0 Å². The van der Waals surface area contributed by atoms with Crippen molar-refractivity contribution in [2.24, 2.45) is 5.41 Å². The molecule has 3 heteroatoms. The number of carbonyl (C=O) groups excluding carboxylic acids is 1. The van der Waals surface area contributed by atoms with Crippen LogP contribution >= 0.6 is 0 Å². The molecule has 3 nitrogen and oxygen atoms in total. The first kappa shape index (κ1) is 19.9. The molecular weight excluding hydrogens is 324 g/mol. The van der Waals surface area contributed by atoms with E-state index < -0.39 is 5.60 Å². The summed E-state index contributed by atoms with van der Waals surface area (Å²) in [7, 11) is 0. The number of benzene rings is 2.